The number of thiazole rings is 1. The fourth-order valence-corrected chi connectivity index (χ4v) is 3.85. The summed E-state index contributed by atoms with van der Waals surface area (Å²) in [5, 5.41) is 6.91. The zero-order valence-corrected chi connectivity index (χ0v) is 12.5. The van der Waals surface area contributed by atoms with Gasteiger partial charge in [0.25, 0.3) is 5.91 Å². The van der Waals surface area contributed by atoms with Gasteiger partial charge in [-0.25, -0.2) is 4.98 Å². The van der Waals surface area contributed by atoms with Crippen molar-refractivity contribution < 1.29 is 4.79 Å². The van der Waals surface area contributed by atoms with Crippen molar-refractivity contribution >= 4 is 48.9 Å². The predicted octanol–water partition coefficient (Wildman–Crippen LogP) is 3.85. The van der Waals surface area contributed by atoms with Crippen LogP contribution in [0.4, 0.5) is 10.8 Å². The molecule has 102 valence electrons. The van der Waals surface area contributed by atoms with E-state index in [0.717, 1.165) is 20.3 Å². The Labute approximate surface area is 124 Å². The van der Waals surface area contributed by atoms with Crippen LogP contribution in [-0.4, -0.2) is 17.4 Å². The SMILES string of the molecule is CCNC(=O)c1cc2sc(Nc3ccccc3)nc2s1. The molecule has 0 aliphatic carbocycles. The third kappa shape index (κ3) is 2.66. The monoisotopic (exact) mass is 303 g/mol. The van der Waals surface area contributed by atoms with E-state index < -0.39 is 0 Å². The molecule has 0 spiro atoms. The van der Waals surface area contributed by atoms with Crippen LogP contribution in [0.2, 0.25) is 0 Å². The van der Waals surface area contributed by atoms with E-state index in [1.54, 1.807) is 11.3 Å². The highest BCUT2D eigenvalue weighted by atomic mass is 32.1. The summed E-state index contributed by atoms with van der Waals surface area (Å²) in [4.78, 5) is 17.9. The summed E-state index contributed by atoms with van der Waals surface area (Å²) in [5.74, 6) is -0.0275. The number of para-hydroxylation sites is 1. The lowest BCUT2D eigenvalue weighted by molar-refractivity contribution is 0.0960. The summed E-state index contributed by atoms with van der Waals surface area (Å²) >= 11 is 2.98. The minimum Gasteiger partial charge on any atom is -0.352 e. The first-order chi connectivity index (χ1) is 9.76. The van der Waals surface area contributed by atoms with Gasteiger partial charge in [0.05, 0.1) is 9.58 Å². The van der Waals surface area contributed by atoms with Crippen molar-refractivity contribution in [3.8, 4) is 0 Å². The summed E-state index contributed by atoms with van der Waals surface area (Å²) in [6.07, 6.45) is 0. The van der Waals surface area contributed by atoms with Gasteiger partial charge in [0.2, 0.25) is 0 Å². The maximum atomic E-state index is 11.7. The lowest BCUT2D eigenvalue weighted by Gasteiger charge is -2.00. The van der Waals surface area contributed by atoms with E-state index in [2.05, 4.69) is 15.6 Å². The normalized spacial score (nSPS) is 10.7. The molecule has 0 unspecified atom stereocenters. The van der Waals surface area contributed by atoms with Crippen molar-refractivity contribution in [3.63, 3.8) is 0 Å². The number of anilines is 2. The van der Waals surface area contributed by atoms with Crippen LogP contribution in [0.1, 0.15) is 16.6 Å². The molecule has 0 fully saturated rings. The van der Waals surface area contributed by atoms with Gasteiger partial charge in [-0.15, -0.1) is 11.3 Å². The molecule has 0 atom stereocenters. The van der Waals surface area contributed by atoms with Gasteiger partial charge in [-0.1, -0.05) is 29.5 Å². The zero-order valence-electron chi connectivity index (χ0n) is 10.8. The van der Waals surface area contributed by atoms with Gasteiger partial charge in [-0.05, 0) is 25.1 Å². The molecule has 0 radical (unpaired) electrons. The third-order valence-corrected chi connectivity index (χ3v) is 4.75. The summed E-state index contributed by atoms with van der Waals surface area (Å²) < 4.78 is 1.04. The fourth-order valence-electron chi connectivity index (χ4n) is 1.79. The van der Waals surface area contributed by atoms with Crippen molar-refractivity contribution in [2.24, 2.45) is 0 Å². The molecule has 4 nitrogen and oxygen atoms in total. The van der Waals surface area contributed by atoms with Crippen molar-refractivity contribution in [1.82, 2.24) is 10.3 Å². The second kappa shape index (κ2) is 5.60. The van der Waals surface area contributed by atoms with Crippen LogP contribution in [0.3, 0.4) is 0 Å². The van der Waals surface area contributed by atoms with Gasteiger partial charge in [0.15, 0.2) is 5.13 Å². The molecule has 2 N–H and O–H groups in total. The Hall–Kier alpha value is -1.92. The number of hydrogen-bond acceptors (Lipinski definition) is 5. The molecule has 3 aromatic rings. The predicted molar refractivity (Wildman–Crippen MR) is 85.2 cm³/mol. The van der Waals surface area contributed by atoms with Crippen LogP contribution in [0, 0.1) is 0 Å². The van der Waals surface area contributed by atoms with E-state index in [9.17, 15) is 4.79 Å². The summed E-state index contributed by atoms with van der Waals surface area (Å²) in [7, 11) is 0. The second-order valence-corrected chi connectivity index (χ2v) is 6.21. The first-order valence-electron chi connectivity index (χ1n) is 6.27. The number of fused-ring (bicyclic) bond motifs is 1. The third-order valence-electron chi connectivity index (χ3n) is 2.68. The van der Waals surface area contributed by atoms with Crippen molar-refractivity contribution in [2.75, 3.05) is 11.9 Å². The van der Waals surface area contributed by atoms with Crippen molar-refractivity contribution in [2.45, 2.75) is 6.92 Å². The Kier molecular flexibility index (Phi) is 3.66. The molecule has 0 saturated carbocycles. The number of hydrogen-bond donors (Lipinski definition) is 2. The van der Waals surface area contributed by atoms with Crippen LogP contribution in [0.15, 0.2) is 36.4 Å². The smallest absolute Gasteiger partial charge is 0.261 e. The highest BCUT2D eigenvalue weighted by Gasteiger charge is 2.13. The lowest BCUT2D eigenvalue weighted by Crippen LogP contribution is -2.21. The lowest BCUT2D eigenvalue weighted by atomic mass is 10.3. The van der Waals surface area contributed by atoms with E-state index in [-0.39, 0.29) is 5.91 Å². The number of thiophene rings is 1. The Balaban J connectivity index is 1.82. The van der Waals surface area contributed by atoms with Crippen molar-refractivity contribution in [1.29, 1.82) is 0 Å². The quantitative estimate of drug-likeness (QED) is 0.769. The van der Waals surface area contributed by atoms with Crippen LogP contribution in [-0.2, 0) is 0 Å². The molecule has 6 heteroatoms. The van der Waals surface area contributed by atoms with Gasteiger partial charge in [0, 0.05) is 12.2 Å². The minimum absolute atomic E-state index is 0.0275. The Morgan fingerprint density at radius 2 is 2.05 bits per heavy atom. The number of carbonyl (C=O) groups is 1. The maximum Gasteiger partial charge on any atom is 0.261 e. The molecular weight excluding hydrogens is 290 g/mol. The summed E-state index contributed by atoms with van der Waals surface area (Å²) in [6.45, 7) is 2.55. The van der Waals surface area contributed by atoms with Crippen LogP contribution < -0.4 is 10.6 Å². The molecule has 3 rings (SSSR count). The fraction of sp³-hybridized carbons (Fsp3) is 0.143. The maximum absolute atomic E-state index is 11.7. The number of carbonyl (C=O) groups excluding carboxylic acids is 1. The van der Waals surface area contributed by atoms with E-state index in [4.69, 9.17) is 0 Å². The highest BCUT2D eigenvalue weighted by Crippen LogP contribution is 2.34. The first kappa shape index (κ1) is 13.1. The Morgan fingerprint density at radius 3 is 2.75 bits per heavy atom. The molecule has 0 bridgehead atoms. The molecule has 0 aliphatic rings. The standard InChI is InChI=1S/C14H13N3OS2/c1-2-15-12(18)10-8-11-13(19-10)17-14(20-11)16-9-6-4-3-5-7-9/h3-8H,2H2,1H3,(H,15,18)(H,16,17). The minimum atomic E-state index is -0.0275. The van der Waals surface area contributed by atoms with Gasteiger partial charge in [-0.2, -0.15) is 0 Å². The topological polar surface area (TPSA) is 54.0 Å². The molecule has 2 aromatic heterocycles. The molecule has 20 heavy (non-hydrogen) atoms. The van der Waals surface area contributed by atoms with Gasteiger partial charge >= 0.3 is 0 Å². The van der Waals surface area contributed by atoms with Crippen LogP contribution in [0.25, 0.3) is 9.53 Å². The second-order valence-electron chi connectivity index (χ2n) is 4.15. The molecular formula is C14H13N3OS2. The molecule has 0 saturated heterocycles. The summed E-state index contributed by atoms with van der Waals surface area (Å²) in [5.41, 5.74) is 1.01. The van der Waals surface area contributed by atoms with E-state index in [1.165, 1.54) is 11.3 Å². The number of nitrogens with one attached hydrogen (secondary N) is 2. The van der Waals surface area contributed by atoms with Gasteiger partial charge in [0.1, 0.15) is 4.83 Å². The van der Waals surface area contributed by atoms with Crippen LogP contribution >= 0.6 is 22.7 Å². The van der Waals surface area contributed by atoms with E-state index in [1.807, 2.05) is 43.3 Å². The number of aromatic nitrogens is 1. The number of amides is 1. The number of nitrogens with zero attached hydrogens (tertiary/aromatic N) is 1. The largest absolute Gasteiger partial charge is 0.352 e. The summed E-state index contributed by atoms with van der Waals surface area (Å²) in [6, 6.07) is 11.8. The Morgan fingerprint density at radius 1 is 1.25 bits per heavy atom. The number of rotatable bonds is 4. The average Bonchev–Trinajstić information content (AvgIpc) is 2.98. The van der Waals surface area contributed by atoms with Gasteiger partial charge in [-0.3, -0.25) is 4.79 Å². The zero-order chi connectivity index (χ0) is 13.9. The average molecular weight is 303 g/mol. The Bertz CT molecular complexity index is 702. The van der Waals surface area contributed by atoms with E-state index in [0.29, 0.717) is 11.4 Å². The van der Waals surface area contributed by atoms with Crippen LogP contribution in [0.5, 0.6) is 0 Å². The highest BCUT2D eigenvalue weighted by molar-refractivity contribution is 7.29. The van der Waals surface area contributed by atoms with Gasteiger partial charge < -0.3 is 10.6 Å². The molecule has 1 aromatic carbocycles. The number of benzene rings is 1. The molecule has 0 aliphatic heterocycles. The molecule has 2 heterocycles. The first-order valence-corrected chi connectivity index (χ1v) is 7.90. The molecule has 1 amide bonds. The van der Waals surface area contributed by atoms with Crippen molar-refractivity contribution in [3.05, 3.63) is 41.3 Å². The van der Waals surface area contributed by atoms with E-state index >= 15 is 0 Å².